The van der Waals surface area contributed by atoms with E-state index < -0.39 is 59.1 Å². The van der Waals surface area contributed by atoms with Crippen molar-refractivity contribution in [3.8, 4) is 0 Å². The number of aliphatic carboxylic acids is 1. The minimum absolute atomic E-state index is 0.0439. The van der Waals surface area contributed by atoms with E-state index in [9.17, 15) is 33.9 Å². The Kier molecular flexibility index (Phi) is 13.2. The minimum Gasteiger partial charge on any atom is -0.480 e. The van der Waals surface area contributed by atoms with Gasteiger partial charge in [0.25, 0.3) is 5.91 Å². The average Bonchev–Trinajstić information content (AvgIpc) is 2.98. The first-order valence-electron chi connectivity index (χ1n) is 15.5. The summed E-state index contributed by atoms with van der Waals surface area (Å²) in [6.07, 6.45) is 0.634. The third-order valence-electron chi connectivity index (χ3n) is 7.85. The van der Waals surface area contributed by atoms with Gasteiger partial charge in [-0.2, -0.15) is 0 Å². The molecule has 11 heteroatoms. The summed E-state index contributed by atoms with van der Waals surface area (Å²) in [4.78, 5) is 76.9. The van der Waals surface area contributed by atoms with Gasteiger partial charge < -0.3 is 26.4 Å². The first-order valence-corrected chi connectivity index (χ1v) is 15.5. The third-order valence-corrected chi connectivity index (χ3v) is 7.85. The van der Waals surface area contributed by atoms with Gasteiger partial charge in [-0.25, -0.2) is 4.79 Å². The molecule has 0 saturated carbocycles. The van der Waals surface area contributed by atoms with Gasteiger partial charge >= 0.3 is 5.97 Å². The molecular weight excluding hydrogens is 588 g/mol. The summed E-state index contributed by atoms with van der Waals surface area (Å²) in [6, 6.07) is 13.2. The molecule has 2 rings (SSSR count). The maximum absolute atomic E-state index is 13.5. The predicted molar refractivity (Wildman–Crippen MR) is 175 cm³/mol. The van der Waals surface area contributed by atoms with Gasteiger partial charge in [-0.15, -0.1) is 0 Å². The van der Waals surface area contributed by atoms with Crippen molar-refractivity contribution in [3.63, 3.8) is 0 Å². The number of carboxylic acid groups (broad SMARTS) is 1. The Bertz CT molecular complexity index is 1400. The lowest BCUT2D eigenvalue weighted by Crippen LogP contribution is -2.60. The van der Waals surface area contributed by atoms with Crippen molar-refractivity contribution in [2.24, 2.45) is 5.92 Å². The zero-order chi connectivity index (χ0) is 34.8. The molecule has 0 radical (unpaired) electrons. The van der Waals surface area contributed by atoms with Crippen LogP contribution in [0.2, 0.25) is 0 Å². The summed E-state index contributed by atoms with van der Waals surface area (Å²) in [7, 11) is 0. The molecule has 0 fully saturated rings. The van der Waals surface area contributed by atoms with Crippen molar-refractivity contribution < 1.29 is 33.9 Å². The maximum Gasteiger partial charge on any atom is 0.328 e. The molecule has 2 aromatic carbocycles. The highest BCUT2D eigenvalue weighted by Gasteiger charge is 2.36. The van der Waals surface area contributed by atoms with Crippen molar-refractivity contribution in [3.05, 3.63) is 71.3 Å². The van der Waals surface area contributed by atoms with Crippen molar-refractivity contribution in [2.75, 3.05) is 0 Å². The van der Waals surface area contributed by atoms with Crippen LogP contribution in [0.1, 0.15) is 78.5 Å². The molecule has 0 spiro atoms. The van der Waals surface area contributed by atoms with Crippen molar-refractivity contribution in [1.29, 1.82) is 0 Å². The van der Waals surface area contributed by atoms with Crippen molar-refractivity contribution >= 4 is 35.4 Å². The molecule has 1 unspecified atom stereocenters. The van der Waals surface area contributed by atoms with Crippen LogP contribution in [0.5, 0.6) is 0 Å². The van der Waals surface area contributed by atoms with E-state index in [1.54, 1.807) is 26.0 Å². The molecule has 2 aromatic rings. The highest BCUT2D eigenvalue weighted by atomic mass is 16.4. The Morgan fingerprint density at radius 2 is 1.35 bits per heavy atom. The van der Waals surface area contributed by atoms with E-state index in [4.69, 9.17) is 0 Å². The molecule has 5 N–H and O–H groups in total. The van der Waals surface area contributed by atoms with E-state index in [0.717, 1.165) is 16.7 Å². The fraction of sp³-hybridized carbons (Fsp3) is 0.486. The molecule has 0 saturated heterocycles. The summed E-state index contributed by atoms with van der Waals surface area (Å²) in [5.74, 6) is -5.61. The normalized spacial score (nSPS) is 14.2. The molecule has 0 bridgehead atoms. The lowest BCUT2D eigenvalue weighted by molar-refractivity contribution is -0.147. The number of amides is 4. The fourth-order valence-electron chi connectivity index (χ4n) is 4.54. The van der Waals surface area contributed by atoms with Gasteiger partial charge in [-0.05, 0) is 48.8 Å². The topological polar surface area (TPSA) is 171 Å². The molecule has 0 aromatic heterocycles. The average molecular weight is 637 g/mol. The van der Waals surface area contributed by atoms with Gasteiger partial charge in [-0.1, -0.05) is 95.6 Å². The Labute approximate surface area is 271 Å². The van der Waals surface area contributed by atoms with E-state index in [-0.39, 0.29) is 24.2 Å². The number of hydrogen-bond donors (Lipinski definition) is 5. The van der Waals surface area contributed by atoms with Crippen LogP contribution in [-0.2, 0) is 47.0 Å². The monoisotopic (exact) mass is 636 g/mol. The molecule has 250 valence electrons. The number of benzene rings is 2. The second-order valence-corrected chi connectivity index (χ2v) is 13.3. The zero-order valence-corrected chi connectivity index (χ0v) is 28.0. The van der Waals surface area contributed by atoms with E-state index in [1.807, 2.05) is 42.5 Å². The molecule has 4 atom stereocenters. The quantitative estimate of drug-likeness (QED) is 0.187. The first-order chi connectivity index (χ1) is 21.3. The standard InChI is InChI=1S/C35H48N4O7/c1-9-21(2)28(31(43)39-35(7,8)33(45)46)38-32(44)29(41)22(3)36-30(42)26(37-27(40)20-23-13-11-10-12-14-23)19-24-15-17-25(18-16-24)34(4,5)6/h10-18,21-22,26,28H,9,19-20H2,1-8H3,(H,36,42)(H,37,40)(H,38,44)(H,39,43)(H,45,46)/t21-,22?,26-,28-/m0/s1. The molecule has 0 aliphatic heterocycles. The van der Waals surface area contributed by atoms with Gasteiger partial charge in [-0.3, -0.25) is 24.0 Å². The smallest absolute Gasteiger partial charge is 0.328 e. The van der Waals surface area contributed by atoms with Crippen LogP contribution >= 0.6 is 0 Å². The molecule has 0 aliphatic rings. The highest BCUT2D eigenvalue weighted by Crippen LogP contribution is 2.22. The van der Waals surface area contributed by atoms with Crippen LogP contribution in [0.15, 0.2) is 54.6 Å². The van der Waals surface area contributed by atoms with Gasteiger partial charge in [0.1, 0.15) is 17.6 Å². The van der Waals surface area contributed by atoms with Crippen LogP contribution in [0.3, 0.4) is 0 Å². The number of Topliss-reactive ketones (excluding diaryl/α,β-unsaturated/α-hetero) is 1. The molecule has 4 amide bonds. The summed E-state index contributed by atoms with van der Waals surface area (Å²) >= 11 is 0. The SMILES string of the molecule is CC[C@H](C)[C@H](NC(=O)C(=O)C(C)NC(=O)[C@H](Cc1ccc(C(C)(C)C)cc1)NC(=O)Cc1ccccc1)C(=O)NC(C)(C)C(=O)O. The number of carbonyl (C=O) groups is 6. The zero-order valence-electron chi connectivity index (χ0n) is 28.0. The number of hydrogen-bond acceptors (Lipinski definition) is 6. The highest BCUT2D eigenvalue weighted by molar-refractivity contribution is 6.38. The summed E-state index contributed by atoms with van der Waals surface area (Å²) in [6.45, 7) is 13.7. The van der Waals surface area contributed by atoms with Gasteiger partial charge in [0, 0.05) is 6.42 Å². The predicted octanol–water partition coefficient (Wildman–Crippen LogP) is 2.84. The number of carbonyl (C=O) groups excluding carboxylic acids is 5. The van der Waals surface area contributed by atoms with E-state index in [1.165, 1.54) is 20.8 Å². The van der Waals surface area contributed by atoms with Crippen LogP contribution in [0.25, 0.3) is 0 Å². The van der Waals surface area contributed by atoms with Crippen LogP contribution in [0.4, 0.5) is 0 Å². The number of nitrogens with one attached hydrogen (secondary N) is 4. The second-order valence-electron chi connectivity index (χ2n) is 13.3. The van der Waals surface area contributed by atoms with Crippen LogP contribution in [0, 0.1) is 5.92 Å². The minimum atomic E-state index is -1.61. The third kappa shape index (κ3) is 11.1. The Hall–Kier alpha value is -4.54. The summed E-state index contributed by atoms with van der Waals surface area (Å²) < 4.78 is 0. The van der Waals surface area contributed by atoms with E-state index in [0.29, 0.717) is 6.42 Å². The Morgan fingerprint density at radius 1 is 0.761 bits per heavy atom. The fourth-order valence-corrected chi connectivity index (χ4v) is 4.54. The number of ketones is 1. The number of carboxylic acids is 1. The van der Waals surface area contributed by atoms with Crippen molar-refractivity contribution in [1.82, 2.24) is 21.3 Å². The molecule has 11 nitrogen and oxygen atoms in total. The summed E-state index contributed by atoms with van der Waals surface area (Å²) in [5, 5.41) is 19.5. The van der Waals surface area contributed by atoms with E-state index >= 15 is 0 Å². The molecule has 46 heavy (non-hydrogen) atoms. The van der Waals surface area contributed by atoms with Crippen molar-refractivity contribution in [2.45, 2.75) is 104 Å². The lowest BCUT2D eigenvalue weighted by atomic mass is 9.86. The first kappa shape index (κ1) is 37.6. The van der Waals surface area contributed by atoms with Crippen LogP contribution < -0.4 is 21.3 Å². The maximum atomic E-state index is 13.5. The summed E-state index contributed by atoms with van der Waals surface area (Å²) in [5.41, 5.74) is 0.978. The lowest BCUT2D eigenvalue weighted by Gasteiger charge is -2.28. The molecule has 0 heterocycles. The van der Waals surface area contributed by atoms with Gasteiger partial charge in [0.15, 0.2) is 0 Å². The van der Waals surface area contributed by atoms with Gasteiger partial charge in [0.2, 0.25) is 23.5 Å². The van der Waals surface area contributed by atoms with Crippen LogP contribution in [-0.4, -0.2) is 64.2 Å². The van der Waals surface area contributed by atoms with Gasteiger partial charge in [0.05, 0.1) is 12.5 Å². The second kappa shape index (κ2) is 16.1. The number of rotatable bonds is 15. The molecular formula is C35H48N4O7. The Balaban J connectivity index is 2.20. The largest absolute Gasteiger partial charge is 0.480 e. The van der Waals surface area contributed by atoms with E-state index in [2.05, 4.69) is 42.0 Å². The molecule has 0 aliphatic carbocycles. The Morgan fingerprint density at radius 3 is 1.87 bits per heavy atom.